The predicted molar refractivity (Wildman–Crippen MR) is 82.0 cm³/mol. The van der Waals surface area contributed by atoms with Crippen LogP contribution in [0.4, 0.5) is 11.4 Å². The Hall–Kier alpha value is -2.29. The van der Waals surface area contributed by atoms with E-state index in [0.717, 1.165) is 11.4 Å². The lowest BCUT2D eigenvalue weighted by molar-refractivity contribution is 0.0697. The summed E-state index contributed by atoms with van der Waals surface area (Å²) < 4.78 is 0. The highest BCUT2D eigenvalue weighted by Gasteiger charge is 2.12. The van der Waals surface area contributed by atoms with Crippen LogP contribution in [0.5, 0.6) is 0 Å². The number of anilines is 2. The maximum absolute atomic E-state index is 11.1. The number of hydrogen-bond donors (Lipinski definition) is 1. The molecule has 0 unspecified atom stereocenters. The highest BCUT2D eigenvalue weighted by Crippen LogP contribution is 2.31. The minimum absolute atomic E-state index is 0.302. The van der Waals surface area contributed by atoms with Crippen molar-refractivity contribution in [2.75, 3.05) is 11.9 Å². The molecule has 3 nitrogen and oxygen atoms in total. The molecule has 0 fully saturated rings. The fourth-order valence-electron chi connectivity index (χ4n) is 2.27. The minimum atomic E-state index is -0.905. The summed E-state index contributed by atoms with van der Waals surface area (Å²) in [7, 11) is 1.96. The van der Waals surface area contributed by atoms with Crippen LogP contribution in [0.15, 0.2) is 48.5 Å². The Labute approximate surface area is 119 Å². The molecule has 3 heteroatoms. The van der Waals surface area contributed by atoms with Crippen molar-refractivity contribution >= 4 is 17.3 Å². The third-order valence-electron chi connectivity index (χ3n) is 3.40. The zero-order valence-corrected chi connectivity index (χ0v) is 12.0. The topological polar surface area (TPSA) is 40.5 Å². The van der Waals surface area contributed by atoms with Gasteiger partial charge in [0.1, 0.15) is 0 Å². The molecule has 0 aromatic heterocycles. The lowest BCUT2D eigenvalue weighted by atomic mass is 10.0. The summed E-state index contributed by atoms with van der Waals surface area (Å²) in [6.07, 6.45) is 0. The fourth-order valence-corrected chi connectivity index (χ4v) is 2.27. The molecule has 2 aromatic rings. The first-order valence-corrected chi connectivity index (χ1v) is 6.66. The molecule has 0 aliphatic heterocycles. The summed E-state index contributed by atoms with van der Waals surface area (Å²) >= 11 is 0. The maximum atomic E-state index is 11.1. The Morgan fingerprint density at radius 2 is 1.80 bits per heavy atom. The van der Waals surface area contributed by atoms with Crippen LogP contribution in [-0.4, -0.2) is 18.1 Å². The standard InChI is InChI=1S/C17H19NO2/c1-12(2)15-9-4-5-10-16(15)18(3)14-8-6-7-13(11-14)17(19)20/h4-12H,1-3H3,(H,19,20). The molecule has 0 aliphatic carbocycles. The van der Waals surface area contributed by atoms with Crippen molar-refractivity contribution < 1.29 is 9.90 Å². The second kappa shape index (κ2) is 5.78. The molecule has 0 saturated heterocycles. The molecular weight excluding hydrogens is 250 g/mol. The average Bonchev–Trinajstić information content (AvgIpc) is 2.46. The van der Waals surface area contributed by atoms with E-state index in [1.54, 1.807) is 18.2 Å². The van der Waals surface area contributed by atoms with E-state index in [4.69, 9.17) is 5.11 Å². The summed E-state index contributed by atoms with van der Waals surface area (Å²) in [5.41, 5.74) is 3.52. The normalized spacial score (nSPS) is 10.6. The number of carboxylic acid groups (broad SMARTS) is 1. The highest BCUT2D eigenvalue weighted by molar-refractivity contribution is 5.89. The van der Waals surface area contributed by atoms with E-state index in [0.29, 0.717) is 11.5 Å². The van der Waals surface area contributed by atoms with E-state index in [9.17, 15) is 4.79 Å². The predicted octanol–water partition coefficient (Wildman–Crippen LogP) is 4.28. The van der Waals surface area contributed by atoms with Gasteiger partial charge in [-0.05, 0) is 35.7 Å². The van der Waals surface area contributed by atoms with Gasteiger partial charge in [-0.25, -0.2) is 4.79 Å². The van der Waals surface area contributed by atoms with Gasteiger partial charge >= 0.3 is 5.97 Å². The Morgan fingerprint density at radius 1 is 1.10 bits per heavy atom. The number of aromatic carboxylic acids is 1. The molecule has 0 amide bonds. The van der Waals surface area contributed by atoms with Crippen LogP contribution in [0, 0.1) is 0 Å². The second-order valence-corrected chi connectivity index (χ2v) is 5.13. The third-order valence-corrected chi connectivity index (χ3v) is 3.40. The molecule has 0 spiro atoms. The molecule has 0 heterocycles. The van der Waals surface area contributed by atoms with Gasteiger partial charge in [-0.3, -0.25) is 0 Å². The lowest BCUT2D eigenvalue weighted by Crippen LogP contribution is -2.13. The first-order chi connectivity index (χ1) is 9.50. The zero-order valence-electron chi connectivity index (χ0n) is 12.0. The van der Waals surface area contributed by atoms with Crippen molar-refractivity contribution in [1.29, 1.82) is 0 Å². The smallest absolute Gasteiger partial charge is 0.335 e. The zero-order chi connectivity index (χ0) is 14.7. The van der Waals surface area contributed by atoms with Crippen LogP contribution in [0.1, 0.15) is 35.7 Å². The van der Waals surface area contributed by atoms with Gasteiger partial charge < -0.3 is 10.0 Å². The Morgan fingerprint density at radius 3 is 2.45 bits per heavy atom. The van der Waals surface area contributed by atoms with Gasteiger partial charge in [0, 0.05) is 18.4 Å². The summed E-state index contributed by atoms with van der Waals surface area (Å²) in [5.74, 6) is -0.492. The monoisotopic (exact) mass is 269 g/mol. The Balaban J connectivity index is 2.43. The third kappa shape index (κ3) is 2.82. The Kier molecular flexibility index (Phi) is 4.08. The molecule has 1 N–H and O–H groups in total. The van der Waals surface area contributed by atoms with Crippen molar-refractivity contribution in [2.24, 2.45) is 0 Å². The summed E-state index contributed by atoms with van der Waals surface area (Å²) in [5, 5.41) is 9.09. The van der Waals surface area contributed by atoms with Crippen LogP contribution in [0.25, 0.3) is 0 Å². The summed E-state index contributed by atoms with van der Waals surface area (Å²) in [6.45, 7) is 4.31. The average molecular weight is 269 g/mol. The molecule has 20 heavy (non-hydrogen) atoms. The van der Waals surface area contributed by atoms with Gasteiger partial charge in [-0.15, -0.1) is 0 Å². The molecule has 0 atom stereocenters. The van der Waals surface area contributed by atoms with Gasteiger partial charge in [0.25, 0.3) is 0 Å². The van der Waals surface area contributed by atoms with E-state index in [1.807, 2.05) is 30.1 Å². The summed E-state index contributed by atoms with van der Waals surface area (Å²) in [4.78, 5) is 13.1. The SMILES string of the molecule is CC(C)c1ccccc1N(C)c1cccc(C(=O)O)c1. The van der Waals surface area contributed by atoms with Crippen molar-refractivity contribution in [3.05, 3.63) is 59.7 Å². The van der Waals surface area contributed by atoms with Crippen LogP contribution < -0.4 is 4.90 Å². The first-order valence-electron chi connectivity index (χ1n) is 6.66. The number of nitrogens with zero attached hydrogens (tertiary/aromatic N) is 1. The summed E-state index contributed by atoms with van der Waals surface area (Å²) in [6, 6.07) is 15.2. The van der Waals surface area contributed by atoms with Crippen LogP contribution in [-0.2, 0) is 0 Å². The quantitative estimate of drug-likeness (QED) is 0.900. The maximum Gasteiger partial charge on any atom is 0.335 e. The van der Waals surface area contributed by atoms with E-state index >= 15 is 0 Å². The van der Waals surface area contributed by atoms with Gasteiger partial charge in [-0.2, -0.15) is 0 Å². The van der Waals surface area contributed by atoms with E-state index < -0.39 is 5.97 Å². The van der Waals surface area contributed by atoms with Crippen LogP contribution in [0.2, 0.25) is 0 Å². The van der Waals surface area contributed by atoms with Crippen molar-refractivity contribution in [3.63, 3.8) is 0 Å². The van der Waals surface area contributed by atoms with Crippen LogP contribution >= 0.6 is 0 Å². The number of carbonyl (C=O) groups is 1. The first kappa shape index (κ1) is 14.1. The minimum Gasteiger partial charge on any atom is -0.478 e. The van der Waals surface area contributed by atoms with E-state index in [1.165, 1.54) is 5.56 Å². The molecule has 0 radical (unpaired) electrons. The van der Waals surface area contributed by atoms with E-state index in [2.05, 4.69) is 26.0 Å². The molecule has 0 aliphatic rings. The number of rotatable bonds is 4. The molecule has 104 valence electrons. The number of para-hydroxylation sites is 1. The largest absolute Gasteiger partial charge is 0.478 e. The molecule has 0 saturated carbocycles. The van der Waals surface area contributed by atoms with Crippen LogP contribution in [0.3, 0.4) is 0 Å². The fraction of sp³-hybridized carbons (Fsp3) is 0.235. The number of carboxylic acids is 1. The van der Waals surface area contributed by atoms with Crippen molar-refractivity contribution in [2.45, 2.75) is 19.8 Å². The van der Waals surface area contributed by atoms with Gasteiger partial charge in [0.2, 0.25) is 0 Å². The molecular formula is C17H19NO2. The number of benzene rings is 2. The molecule has 2 aromatic carbocycles. The van der Waals surface area contributed by atoms with Crippen molar-refractivity contribution in [3.8, 4) is 0 Å². The second-order valence-electron chi connectivity index (χ2n) is 5.13. The van der Waals surface area contributed by atoms with Crippen molar-refractivity contribution in [1.82, 2.24) is 0 Å². The van der Waals surface area contributed by atoms with E-state index in [-0.39, 0.29) is 0 Å². The number of hydrogen-bond acceptors (Lipinski definition) is 2. The van der Waals surface area contributed by atoms with Gasteiger partial charge in [0.05, 0.1) is 5.56 Å². The highest BCUT2D eigenvalue weighted by atomic mass is 16.4. The van der Waals surface area contributed by atoms with Gasteiger partial charge in [-0.1, -0.05) is 38.1 Å². The van der Waals surface area contributed by atoms with Gasteiger partial charge in [0.15, 0.2) is 0 Å². The Bertz CT molecular complexity index is 620. The lowest BCUT2D eigenvalue weighted by Gasteiger charge is -2.24. The molecule has 0 bridgehead atoms. The molecule has 2 rings (SSSR count).